The van der Waals surface area contributed by atoms with Gasteiger partial charge in [0.15, 0.2) is 0 Å². The lowest BCUT2D eigenvalue weighted by molar-refractivity contribution is 0.0894. The second-order valence-corrected chi connectivity index (χ2v) is 5.16. The van der Waals surface area contributed by atoms with E-state index < -0.39 is 0 Å². The van der Waals surface area contributed by atoms with E-state index in [2.05, 4.69) is 10.3 Å². The molecule has 1 atom stereocenters. The summed E-state index contributed by atoms with van der Waals surface area (Å²) in [6.45, 7) is 2.50. The predicted molar refractivity (Wildman–Crippen MR) is 87.8 cm³/mol. The van der Waals surface area contributed by atoms with Crippen molar-refractivity contribution in [1.29, 1.82) is 5.26 Å². The van der Waals surface area contributed by atoms with Crippen LogP contribution in [0.5, 0.6) is 0 Å². The van der Waals surface area contributed by atoms with Crippen molar-refractivity contribution < 1.29 is 9.53 Å². The van der Waals surface area contributed by atoms with Crippen molar-refractivity contribution in [2.75, 3.05) is 13.7 Å². The van der Waals surface area contributed by atoms with Crippen molar-refractivity contribution in [2.24, 2.45) is 0 Å². The summed E-state index contributed by atoms with van der Waals surface area (Å²) in [4.78, 5) is 16.3. The Labute approximate surface area is 135 Å². The SMILES string of the molecule is CC[C@@H](COC)NC(=O)c1ccc(-c2ccc(C#N)nc2)cc1. The number of nitrogens with one attached hydrogen (secondary N) is 1. The topological polar surface area (TPSA) is 75.0 Å². The number of pyridine rings is 1. The molecule has 0 aliphatic rings. The van der Waals surface area contributed by atoms with Gasteiger partial charge in [-0.25, -0.2) is 4.98 Å². The summed E-state index contributed by atoms with van der Waals surface area (Å²) in [7, 11) is 1.62. The summed E-state index contributed by atoms with van der Waals surface area (Å²) in [6.07, 6.45) is 2.47. The van der Waals surface area contributed by atoms with Gasteiger partial charge in [0.05, 0.1) is 12.6 Å². The monoisotopic (exact) mass is 309 g/mol. The third-order valence-electron chi connectivity index (χ3n) is 3.55. The number of carbonyl (C=O) groups excluding carboxylic acids is 1. The molecule has 2 rings (SSSR count). The summed E-state index contributed by atoms with van der Waals surface area (Å²) in [5.41, 5.74) is 2.84. The number of amides is 1. The number of methoxy groups -OCH3 is 1. The van der Waals surface area contributed by atoms with Crippen LogP contribution in [-0.2, 0) is 4.74 Å². The highest BCUT2D eigenvalue weighted by Gasteiger charge is 2.12. The van der Waals surface area contributed by atoms with E-state index in [-0.39, 0.29) is 11.9 Å². The van der Waals surface area contributed by atoms with E-state index >= 15 is 0 Å². The first-order valence-corrected chi connectivity index (χ1v) is 7.44. The van der Waals surface area contributed by atoms with Crippen molar-refractivity contribution in [1.82, 2.24) is 10.3 Å². The number of nitriles is 1. The van der Waals surface area contributed by atoms with Crippen molar-refractivity contribution in [2.45, 2.75) is 19.4 Å². The molecule has 1 heterocycles. The van der Waals surface area contributed by atoms with Crippen molar-refractivity contribution in [3.63, 3.8) is 0 Å². The zero-order valence-corrected chi connectivity index (χ0v) is 13.2. The van der Waals surface area contributed by atoms with Crippen LogP contribution in [0.25, 0.3) is 11.1 Å². The Morgan fingerprint density at radius 1 is 1.26 bits per heavy atom. The molecule has 23 heavy (non-hydrogen) atoms. The molecule has 0 radical (unpaired) electrons. The standard InChI is InChI=1S/C18H19N3O2/c1-3-16(12-23-2)21-18(22)14-6-4-13(5-7-14)15-8-9-17(10-19)20-11-15/h4-9,11,16H,3,12H2,1-2H3,(H,21,22)/t16-/m0/s1. The van der Waals surface area contributed by atoms with Crippen molar-refractivity contribution >= 4 is 5.91 Å². The minimum absolute atomic E-state index is 0.00917. The summed E-state index contributed by atoms with van der Waals surface area (Å²) >= 11 is 0. The molecule has 0 saturated carbocycles. The number of hydrogen-bond acceptors (Lipinski definition) is 4. The minimum Gasteiger partial charge on any atom is -0.383 e. The van der Waals surface area contributed by atoms with E-state index in [1.165, 1.54) is 0 Å². The van der Waals surface area contributed by atoms with Crippen molar-refractivity contribution in [3.8, 4) is 17.2 Å². The maximum absolute atomic E-state index is 12.2. The van der Waals surface area contributed by atoms with Crippen molar-refractivity contribution in [3.05, 3.63) is 53.9 Å². The van der Waals surface area contributed by atoms with Gasteiger partial charge < -0.3 is 10.1 Å². The first kappa shape index (κ1) is 16.7. The van der Waals surface area contributed by atoms with Gasteiger partial charge in [-0.2, -0.15) is 5.26 Å². The average molecular weight is 309 g/mol. The van der Waals surface area contributed by atoms with Gasteiger partial charge in [0.1, 0.15) is 11.8 Å². The Kier molecular flexibility index (Phi) is 5.84. The van der Waals surface area contributed by atoms with Gasteiger partial charge in [-0.1, -0.05) is 19.1 Å². The molecular weight excluding hydrogens is 290 g/mol. The first-order valence-electron chi connectivity index (χ1n) is 7.44. The molecule has 0 unspecified atom stereocenters. The molecule has 2 aromatic rings. The Morgan fingerprint density at radius 2 is 1.96 bits per heavy atom. The smallest absolute Gasteiger partial charge is 0.251 e. The second-order valence-electron chi connectivity index (χ2n) is 5.16. The van der Waals surface area contributed by atoms with E-state index in [0.717, 1.165) is 17.5 Å². The van der Waals surface area contributed by atoms with Gasteiger partial charge >= 0.3 is 0 Å². The fourth-order valence-electron chi connectivity index (χ4n) is 2.18. The molecule has 118 valence electrons. The van der Waals surface area contributed by atoms with Crippen LogP contribution >= 0.6 is 0 Å². The van der Waals surface area contributed by atoms with Gasteiger partial charge in [0.25, 0.3) is 5.91 Å². The van der Waals surface area contributed by atoms with Gasteiger partial charge in [0, 0.05) is 24.4 Å². The zero-order valence-electron chi connectivity index (χ0n) is 13.2. The van der Waals surface area contributed by atoms with Gasteiger partial charge in [0.2, 0.25) is 0 Å². The number of rotatable bonds is 6. The molecule has 1 aromatic carbocycles. The predicted octanol–water partition coefficient (Wildman–Crippen LogP) is 2.78. The van der Waals surface area contributed by atoms with E-state index in [9.17, 15) is 4.79 Å². The zero-order chi connectivity index (χ0) is 16.7. The minimum atomic E-state index is -0.113. The number of hydrogen-bond donors (Lipinski definition) is 1. The molecule has 0 bridgehead atoms. The summed E-state index contributed by atoms with van der Waals surface area (Å²) in [5, 5.41) is 11.7. The number of nitrogens with zero attached hydrogens (tertiary/aromatic N) is 2. The second kappa shape index (κ2) is 8.06. The molecule has 5 heteroatoms. The maximum atomic E-state index is 12.2. The van der Waals surface area contributed by atoms with Crippen LogP contribution in [0.15, 0.2) is 42.6 Å². The highest BCUT2D eigenvalue weighted by Crippen LogP contribution is 2.19. The summed E-state index contributed by atoms with van der Waals surface area (Å²) in [5.74, 6) is -0.113. The van der Waals surface area contributed by atoms with Crippen LogP contribution in [0.1, 0.15) is 29.4 Å². The third-order valence-corrected chi connectivity index (χ3v) is 3.55. The average Bonchev–Trinajstić information content (AvgIpc) is 2.61. The molecule has 0 fully saturated rings. The number of carbonyl (C=O) groups is 1. The van der Waals surface area contributed by atoms with Crippen LogP contribution < -0.4 is 5.32 Å². The Morgan fingerprint density at radius 3 is 2.48 bits per heavy atom. The maximum Gasteiger partial charge on any atom is 0.251 e. The molecular formula is C18H19N3O2. The van der Waals surface area contributed by atoms with Crippen LogP contribution in [0.4, 0.5) is 0 Å². The lowest BCUT2D eigenvalue weighted by Crippen LogP contribution is -2.37. The molecule has 1 amide bonds. The summed E-state index contributed by atoms with van der Waals surface area (Å²) in [6, 6.07) is 12.8. The van der Waals surface area contributed by atoms with Crippen LogP contribution in [-0.4, -0.2) is 30.6 Å². The lowest BCUT2D eigenvalue weighted by Gasteiger charge is -2.16. The number of ether oxygens (including phenoxy) is 1. The third kappa shape index (κ3) is 4.38. The van der Waals surface area contributed by atoms with E-state index in [0.29, 0.717) is 17.9 Å². The molecule has 0 spiro atoms. The van der Waals surface area contributed by atoms with Gasteiger partial charge in [-0.3, -0.25) is 4.79 Å². The molecule has 5 nitrogen and oxygen atoms in total. The quantitative estimate of drug-likeness (QED) is 0.890. The highest BCUT2D eigenvalue weighted by atomic mass is 16.5. The molecule has 0 saturated heterocycles. The Hall–Kier alpha value is -2.71. The van der Waals surface area contributed by atoms with Crippen LogP contribution in [0.2, 0.25) is 0 Å². The molecule has 0 aliphatic heterocycles. The Bertz CT molecular complexity index is 688. The van der Waals surface area contributed by atoms with E-state index in [4.69, 9.17) is 10.00 Å². The Balaban J connectivity index is 2.09. The normalized spacial score (nSPS) is 11.5. The fourth-order valence-corrected chi connectivity index (χ4v) is 2.18. The molecule has 1 aromatic heterocycles. The van der Waals surface area contributed by atoms with Gasteiger partial charge in [-0.05, 0) is 36.2 Å². The number of aromatic nitrogens is 1. The van der Waals surface area contributed by atoms with E-state index in [1.54, 1.807) is 31.5 Å². The largest absolute Gasteiger partial charge is 0.383 e. The molecule has 0 aliphatic carbocycles. The van der Waals surface area contributed by atoms with Gasteiger partial charge in [-0.15, -0.1) is 0 Å². The van der Waals surface area contributed by atoms with E-state index in [1.807, 2.05) is 31.2 Å². The lowest BCUT2D eigenvalue weighted by atomic mass is 10.0. The van der Waals surface area contributed by atoms with Crippen LogP contribution in [0, 0.1) is 11.3 Å². The van der Waals surface area contributed by atoms with Crippen LogP contribution in [0.3, 0.4) is 0 Å². The summed E-state index contributed by atoms with van der Waals surface area (Å²) < 4.78 is 5.08. The first-order chi connectivity index (χ1) is 11.2. The fraction of sp³-hybridized carbons (Fsp3) is 0.278. The number of benzene rings is 1. The highest BCUT2D eigenvalue weighted by molar-refractivity contribution is 5.94. The molecule has 1 N–H and O–H groups in total.